The molecule has 30 heavy (non-hydrogen) atoms. The highest BCUT2D eigenvalue weighted by atomic mass is 19.4. The Kier molecular flexibility index (Phi) is 6.04. The minimum atomic E-state index is -4.62. The van der Waals surface area contributed by atoms with E-state index < -0.39 is 23.5 Å². The summed E-state index contributed by atoms with van der Waals surface area (Å²) in [5.41, 5.74) is -0.361. The molecule has 0 radical (unpaired) electrons. The number of aromatic nitrogens is 2. The van der Waals surface area contributed by atoms with Crippen molar-refractivity contribution in [2.45, 2.75) is 19.0 Å². The second kappa shape index (κ2) is 8.52. The number of alkyl halides is 3. The Bertz CT molecular complexity index is 1030. The Morgan fingerprint density at radius 1 is 1.13 bits per heavy atom. The molecule has 6 nitrogen and oxygen atoms in total. The van der Waals surface area contributed by atoms with E-state index in [4.69, 9.17) is 4.52 Å². The summed E-state index contributed by atoms with van der Waals surface area (Å²) in [6, 6.07) is 9.13. The zero-order valence-corrected chi connectivity index (χ0v) is 16.1. The van der Waals surface area contributed by atoms with E-state index in [1.54, 1.807) is 14.1 Å². The molecule has 0 atom stereocenters. The van der Waals surface area contributed by atoms with Crippen molar-refractivity contribution < 1.29 is 26.9 Å². The summed E-state index contributed by atoms with van der Waals surface area (Å²) < 4.78 is 58.1. The highest BCUT2D eigenvalue weighted by Gasteiger charge is 2.34. The summed E-state index contributed by atoms with van der Waals surface area (Å²) >= 11 is 0. The first-order valence-electron chi connectivity index (χ1n) is 8.90. The van der Waals surface area contributed by atoms with Gasteiger partial charge in [0.15, 0.2) is 0 Å². The van der Waals surface area contributed by atoms with E-state index in [0.717, 1.165) is 6.07 Å². The molecule has 3 rings (SSSR count). The summed E-state index contributed by atoms with van der Waals surface area (Å²) in [5, 5.41) is 6.05. The fourth-order valence-corrected chi connectivity index (χ4v) is 2.66. The van der Waals surface area contributed by atoms with Crippen LogP contribution in [0, 0.1) is 5.82 Å². The van der Waals surface area contributed by atoms with Crippen LogP contribution in [0.3, 0.4) is 0 Å². The van der Waals surface area contributed by atoms with Gasteiger partial charge in [0.2, 0.25) is 17.6 Å². The number of anilines is 2. The standard InChI is InChI=1S/C20H18F4N4O2/c1-28(2)14-7-8-16(15(11-14)20(22,23)24)25-17(29)9-10-18-26-19(27-30-18)12-3-5-13(21)6-4-12/h3-8,11H,9-10H2,1-2H3,(H,25,29). The number of nitrogens with zero attached hydrogens (tertiary/aromatic N) is 3. The lowest BCUT2D eigenvalue weighted by Crippen LogP contribution is -2.18. The number of benzene rings is 2. The normalized spacial score (nSPS) is 11.4. The molecule has 1 heterocycles. The topological polar surface area (TPSA) is 71.3 Å². The Labute approximate surface area is 169 Å². The lowest BCUT2D eigenvalue weighted by Gasteiger charge is -2.18. The van der Waals surface area contributed by atoms with Gasteiger partial charge in [0.25, 0.3) is 0 Å². The van der Waals surface area contributed by atoms with Gasteiger partial charge in [0.05, 0.1) is 11.3 Å². The van der Waals surface area contributed by atoms with Crippen LogP contribution in [0.5, 0.6) is 0 Å². The number of amides is 1. The second-order valence-electron chi connectivity index (χ2n) is 6.69. The molecule has 0 saturated heterocycles. The average molecular weight is 422 g/mol. The molecule has 0 aliphatic heterocycles. The molecule has 0 aliphatic carbocycles. The summed E-state index contributed by atoms with van der Waals surface area (Å²) in [7, 11) is 3.25. The minimum Gasteiger partial charge on any atom is -0.378 e. The molecule has 0 unspecified atom stereocenters. The second-order valence-corrected chi connectivity index (χ2v) is 6.69. The van der Waals surface area contributed by atoms with Crippen LogP contribution < -0.4 is 10.2 Å². The monoisotopic (exact) mass is 422 g/mol. The van der Waals surface area contributed by atoms with Gasteiger partial charge >= 0.3 is 6.18 Å². The van der Waals surface area contributed by atoms with Gasteiger partial charge in [-0.3, -0.25) is 4.79 Å². The van der Waals surface area contributed by atoms with E-state index in [-0.39, 0.29) is 30.2 Å². The summed E-state index contributed by atoms with van der Waals surface area (Å²) in [5.74, 6) is -0.664. The fourth-order valence-electron chi connectivity index (χ4n) is 2.66. The zero-order valence-electron chi connectivity index (χ0n) is 16.1. The third-order valence-electron chi connectivity index (χ3n) is 4.24. The number of hydrogen-bond donors (Lipinski definition) is 1. The van der Waals surface area contributed by atoms with Gasteiger partial charge in [-0.05, 0) is 42.5 Å². The van der Waals surface area contributed by atoms with Crippen LogP contribution in [-0.4, -0.2) is 30.1 Å². The molecule has 2 aromatic carbocycles. The minimum absolute atomic E-state index is 0.0388. The van der Waals surface area contributed by atoms with Crippen LogP contribution in [0.4, 0.5) is 28.9 Å². The lowest BCUT2D eigenvalue weighted by atomic mass is 10.1. The number of nitrogens with one attached hydrogen (secondary N) is 1. The zero-order chi connectivity index (χ0) is 21.9. The molecule has 1 amide bonds. The Balaban J connectivity index is 1.66. The molecule has 1 N–H and O–H groups in total. The van der Waals surface area contributed by atoms with Crippen molar-refractivity contribution in [3.8, 4) is 11.4 Å². The average Bonchev–Trinajstić information content (AvgIpc) is 3.15. The smallest absolute Gasteiger partial charge is 0.378 e. The first-order valence-corrected chi connectivity index (χ1v) is 8.90. The van der Waals surface area contributed by atoms with Gasteiger partial charge in [0.1, 0.15) is 5.82 Å². The third kappa shape index (κ3) is 5.13. The van der Waals surface area contributed by atoms with E-state index in [1.165, 1.54) is 41.3 Å². The van der Waals surface area contributed by atoms with E-state index >= 15 is 0 Å². The molecule has 0 fully saturated rings. The molecule has 0 saturated carbocycles. The highest BCUT2D eigenvalue weighted by molar-refractivity contribution is 5.92. The SMILES string of the molecule is CN(C)c1ccc(NC(=O)CCc2nc(-c3ccc(F)cc3)no2)c(C(F)(F)F)c1. The lowest BCUT2D eigenvalue weighted by molar-refractivity contribution is -0.136. The molecule has 158 valence electrons. The molecule has 3 aromatic rings. The van der Waals surface area contributed by atoms with Crippen molar-refractivity contribution in [2.24, 2.45) is 0 Å². The quantitative estimate of drug-likeness (QED) is 0.591. The molecule has 1 aromatic heterocycles. The highest BCUT2D eigenvalue weighted by Crippen LogP contribution is 2.37. The Hall–Kier alpha value is -3.43. The van der Waals surface area contributed by atoms with Crippen molar-refractivity contribution in [1.82, 2.24) is 10.1 Å². The summed E-state index contributed by atoms with van der Waals surface area (Å²) in [6.07, 6.45) is -4.74. The van der Waals surface area contributed by atoms with Gasteiger partial charge in [-0.15, -0.1) is 0 Å². The van der Waals surface area contributed by atoms with E-state index in [9.17, 15) is 22.4 Å². The van der Waals surface area contributed by atoms with Crippen LogP contribution in [0.15, 0.2) is 47.0 Å². The molecule has 10 heteroatoms. The van der Waals surface area contributed by atoms with Crippen LogP contribution in [0.25, 0.3) is 11.4 Å². The predicted molar refractivity (Wildman–Crippen MR) is 102 cm³/mol. The van der Waals surface area contributed by atoms with E-state index in [1.807, 2.05) is 0 Å². The Morgan fingerprint density at radius 2 is 1.83 bits per heavy atom. The van der Waals surface area contributed by atoms with Gasteiger partial charge in [-0.1, -0.05) is 5.16 Å². The molecule has 0 aliphatic rings. The van der Waals surface area contributed by atoms with Crippen LogP contribution in [-0.2, 0) is 17.4 Å². The summed E-state index contributed by atoms with van der Waals surface area (Å²) in [4.78, 5) is 17.8. The number of aryl methyl sites for hydroxylation is 1. The van der Waals surface area contributed by atoms with Gasteiger partial charge in [-0.2, -0.15) is 18.2 Å². The maximum absolute atomic E-state index is 13.4. The molecule has 0 spiro atoms. The number of carbonyl (C=O) groups is 1. The van der Waals surface area contributed by atoms with Gasteiger partial charge < -0.3 is 14.7 Å². The molecule has 0 bridgehead atoms. The maximum atomic E-state index is 13.4. The van der Waals surface area contributed by atoms with Crippen molar-refractivity contribution in [3.05, 3.63) is 59.7 Å². The van der Waals surface area contributed by atoms with E-state index in [0.29, 0.717) is 11.3 Å². The van der Waals surface area contributed by atoms with Gasteiger partial charge in [0, 0.05) is 38.2 Å². The van der Waals surface area contributed by atoms with Gasteiger partial charge in [-0.25, -0.2) is 4.39 Å². The summed E-state index contributed by atoms with van der Waals surface area (Å²) in [6.45, 7) is 0. The molecular formula is C20H18F4N4O2. The fraction of sp³-hybridized carbons (Fsp3) is 0.250. The largest absolute Gasteiger partial charge is 0.418 e. The van der Waals surface area contributed by atoms with Crippen molar-refractivity contribution >= 4 is 17.3 Å². The van der Waals surface area contributed by atoms with Crippen molar-refractivity contribution in [1.29, 1.82) is 0 Å². The first-order chi connectivity index (χ1) is 14.1. The number of hydrogen-bond acceptors (Lipinski definition) is 5. The van der Waals surface area contributed by atoms with Crippen molar-refractivity contribution in [2.75, 3.05) is 24.3 Å². The van der Waals surface area contributed by atoms with Crippen LogP contribution in [0.1, 0.15) is 17.9 Å². The number of rotatable bonds is 6. The first kappa shape index (κ1) is 21.3. The Morgan fingerprint density at radius 3 is 2.47 bits per heavy atom. The number of halogens is 4. The maximum Gasteiger partial charge on any atom is 0.418 e. The predicted octanol–water partition coefficient (Wildman–Crippen LogP) is 4.53. The van der Waals surface area contributed by atoms with E-state index in [2.05, 4.69) is 15.5 Å². The molecular weight excluding hydrogens is 404 g/mol. The number of carbonyl (C=O) groups excluding carboxylic acids is 1. The van der Waals surface area contributed by atoms with Crippen LogP contribution in [0.2, 0.25) is 0 Å². The van der Waals surface area contributed by atoms with Crippen LogP contribution >= 0.6 is 0 Å². The van der Waals surface area contributed by atoms with Crippen molar-refractivity contribution in [3.63, 3.8) is 0 Å². The third-order valence-corrected chi connectivity index (χ3v) is 4.24.